The molecule has 0 amide bonds. The number of fused-ring (bicyclic) bond motifs is 5. The zero-order valence-corrected chi connectivity index (χ0v) is 28.2. The second kappa shape index (κ2) is 12.3. The highest BCUT2D eigenvalue weighted by atomic mass is 16.7. The van der Waals surface area contributed by atoms with Crippen molar-refractivity contribution in [3.8, 4) is 0 Å². The van der Waals surface area contributed by atoms with Crippen LogP contribution in [0.3, 0.4) is 0 Å². The van der Waals surface area contributed by atoms with E-state index in [1.54, 1.807) is 34.0 Å². The first-order valence-corrected chi connectivity index (χ1v) is 16.7. The summed E-state index contributed by atoms with van der Waals surface area (Å²) in [4.78, 5) is 25.3. The second-order valence-corrected chi connectivity index (χ2v) is 14.8. The van der Waals surface area contributed by atoms with E-state index in [4.69, 9.17) is 23.7 Å². The SMILES string of the molecule is CC=C(C)C(=O)OC1CC2C(CC=C3CC(OC4CC(OC)C(O)C(C)O4)CCC32C)C2(O)CCC(O)(C(C)OC(C)=O)C12C. The average molecular weight is 635 g/mol. The Morgan fingerprint density at radius 1 is 1.11 bits per heavy atom. The fourth-order valence-corrected chi connectivity index (χ4v) is 9.78. The molecule has 5 aliphatic rings. The quantitative estimate of drug-likeness (QED) is 0.213. The fourth-order valence-electron chi connectivity index (χ4n) is 9.78. The molecule has 0 aromatic heterocycles. The van der Waals surface area contributed by atoms with Gasteiger partial charge < -0.3 is 39.0 Å². The smallest absolute Gasteiger partial charge is 0.333 e. The van der Waals surface area contributed by atoms with Gasteiger partial charge in [0.25, 0.3) is 0 Å². The lowest BCUT2D eigenvalue weighted by Crippen LogP contribution is -2.72. The van der Waals surface area contributed by atoms with E-state index in [1.165, 1.54) is 12.5 Å². The Kier molecular flexibility index (Phi) is 9.45. The van der Waals surface area contributed by atoms with Gasteiger partial charge in [0.15, 0.2) is 6.29 Å². The standard InChI is InChI=1S/C35H54O10/c1-9-19(2)31(38)45-28-17-26-25(35(40)15-14-34(39,33(28,35)7)21(4)43-22(5)36)11-10-23-16-24(12-13-32(23,26)6)44-29-18-27(41-8)30(37)20(3)42-29/h9-10,20-21,24-30,37,39-40H,11-18H2,1-8H3. The lowest BCUT2D eigenvalue weighted by atomic mass is 9.44. The number of aliphatic hydroxyl groups is 3. The highest BCUT2D eigenvalue weighted by Crippen LogP contribution is 2.70. The Balaban J connectivity index is 1.44. The van der Waals surface area contributed by atoms with Crippen LogP contribution < -0.4 is 0 Å². The summed E-state index contributed by atoms with van der Waals surface area (Å²) in [7, 11) is 1.59. The Morgan fingerprint density at radius 2 is 1.82 bits per heavy atom. The van der Waals surface area contributed by atoms with Gasteiger partial charge in [0, 0.05) is 26.0 Å². The van der Waals surface area contributed by atoms with Gasteiger partial charge >= 0.3 is 11.9 Å². The molecular formula is C35H54O10. The summed E-state index contributed by atoms with van der Waals surface area (Å²) >= 11 is 0. The number of aliphatic hydroxyl groups excluding tert-OH is 1. The minimum Gasteiger partial charge on any atom is -0.460 e. The molecule has 13 unspecified atom stereocenters. The Hall–Kier alpha value is -1.82. The number of methoxy groups -OCH3 is 1. The van der Waals surface area contributed by atoms with Crippen molar-refractivity contribution in [2.24, 2.45) is 22.7 Å². The van der Waals surface area contributed by atoms with Crippen LogP contribution in [-0.4, -0.2) is 88.5 Å². The minimum atomic E-state index is -1.60. The average Bonchev–Trinajstić information content (AvgIpc) is 3.22. The fraction of sp³-hybridized carbons (Fsp3) is 0.829. The summed E-state index contributed by atoms with van der Waals surface area (Å²) in [6.07, 6.45) is 4.66. The zero-order valence-electron chi connectivity index (χ0n) is 28.2. The van der Waals surface area contributed by atoms with Crippen molar-refractivity contribution in [3.63, 3.8) is 0 Å². The third-order valence-corrected chi connectivity index (χ3v) is 12.8. The second-order valence-electron chi connectivity index (χ2n) is 14.8. The van der Waals surface area contributed by atoms with Gasteiger partial charge in [-0.3, -0.25) is 4.79 Å². The molecule has 0 aromatic carbocycles. The molecule has 0 spiro atoms. The molecule has 0 aromatic rings. The summed E-state index contributed by atoms with van der Waals surface area (Å²) in [5.74, 6) is -1.18. The Bertz CT molecular complexity index is 1210. The number of hydrogen-bond acceptors (Lipinski definition) is 10. The zero-order chi connectivity index (χ0) is 33.1. The van der Waals surface area contributed by atoms with Gasteiger partial charge in [-0.05, 0) is 89.9 Å². The number of allylic oxidation sites excluding steroid dienone is 2. The van der Waals surface area contributed by atoms with E-state index in [2.05, 4.69) is 13.0 Å². The van der Waals surface area contributed by atoms with Gasteiger partial charge in [-0.1, -0.05) is 31.6 Å². The minimum absolute atomic E-state index is 0.00871. The summed E-state index contributed by atoms with van der Waals surface area (Å²) in [6.45, 7) is 12.3. The van der Waals surface area contributed by atoms with Crippen molar-refractivity contribution in [1.82, 2.24) is 0 Å². The highest BCUT2D eigenvalue weighted by molar-refractivity contribution is 5.87. The van der Waals surface area contributed by atoms with Gasteiger partial charge in [-0.2, -0.15) is 0 Å². The van der Waals surface area contributed by atoms with Crippen LogP contribution in [-0.2, 0) is 33.3 Å². The number of ether oxygens (including phenoxy) is 5. The predicted octanol–water partition coefficient (Wildman–Crippen LogP) is 4.13. The molecule has 1 saturated heterocycles. The first-order chi connectivity index (χ1) is 21.0. The molecule has 3 saturated carbocycles. The van der Waals surface area contributed by atoms with Gasteiger partial charge in [-0.15, -0.1) is 0 Å². The van der Waals surface area contributed by atoms with Crippen molar-refractivity contribution in [2.45, 2.75) is 154 Å². The van der Waals surface area contributed by atoms with Crippen molar-refractivity contribution in [2.75, 3.05) is 7.11 Å². The molecule has 1 heterocycles. The van der Waals surface area contributed by atoms with E-state index in [0.717, 1.165) is 19.3 Å². The first kappa shape index (κ1) is 34.5. The summed E-state index contributed by atoms with van der Waals surface area (Å²) < 4.78 is 29.7. The normalized spacial score (nSPS) is 47.1. The van der Waals surface area contributed by atoms with Crippen LogP contribution in [0.4, 0.5) is 0 Å². The van der Waals surface area contributed by atoms with Crippen molar-refractivity contribution < 1.29 is 48.6 Å². The van der Waals surface area contributed by atoms with Crippen LogP contribution in [0, 0.1) is 22.7 Å². The van der Waals surface area contributed by atoms with E-state index in [9.17, 15) is 24.9 Å². The van der Waals surface area contributed by atoms with E-state index < -0.39 is 59.3 Å². The largest absolute Gasteiger partial charge is 0.460 e. The molecule has 4 fully saturated rings. The lowest BCUT2D eigenvalue weighted by Gasteiger charge is -2.64. The maximum absolute atomic E-state index is 13.3. The maximum atomic E-state index is 13.3. The van der Waals surface area contributed by atoms with Crippen LogP contribution in [0.2, 0.25) is 0 Å². The molecule has 0 radical (unpaired) electrons. The van der Waals surface area contributed by atoms with Crippen LogP contribution in [0.25, 0.3) is 0 Å². The van der Waals surface area contributed by atoms with Gasteiger partial charge in [0.05, 0.1) is 29.3 Å². The number of rotatable bonds is 7. The van der Waals surface area contributed by atoms with Crippen molar-refractivity contribution in [3.05, 3.63) is 23.3 Å². The van der Waals surface area contributed by atoms with Crippen LogP contribution in [0.1, 0.15) is 99.8 Å². The molecule has 5 rings (SSSR count). The predicted molar refractivity (Wildman–Crippen MR) is 165 cm³/mol. The molecule has 45 heavy (non-hydrogen) atoms. The third kappa shape index (κ3) is 5.41. The van der Waals surface area contributed by atoms with Crippen molar-refractivity contribution >= 4 is 11.9 Å². The number of carbonyl (C=O) groups excluding carboxylic acids is 2. The van der Waals surface area contributed by atoms with E-state index in [1.807, 2.05) is 13.8 Å². The first-order valence-electron chi connectivity index (χ1n) is 16.7. The lowest BCUT2D eigenvalue weighted by molar-refractivity contribution is -0.281. The Labute approximate surface area is 267 Å². The van der Waals surface area contributed by atoms with Gasteiger partial charge in [0.2, 0.25) is 0 Å². The van der Waals surface area contributed by atoms with Crippen LogP contribution in [0.15, 0.2) is 23.3 Å². The van der Waals surface area contributed by atoms with Crippen molar-refractivity contribution in [1.29, 1.82) is 0 Å². The van der Waals surface area contributed by atoms with E-state index in [-0.39, 0.29) is 35.9 Å². The topological polar surface area (TPSA) is 141 Å². The van der Waals surface area contributed by atoms with Gasteiger partial charge in [-0.25, -0.2) is 4.79 Å². The molecule has 13 atom stereocenters. The molecule has 10 nitrogen and oxygen atoms in total. The monoisotopic (exact) mass is 634 g/mol. The number of carbonyl (C=O) groups is 2. The highest BCUT2D eigenvalue weighted by Gasteiger charge is 2.77. The Morgan fingerprint density at radius 3 is 2.47 bits per heavy atom. The number of esters is 2. The maximum Gasteiger partial charge on any atom is 0.333 e. The van der Waals surface area contributed by atoms with Crippen LogP contribution in [0.5, 0.6) is 0 Å². The molecule has 1 aliphatic heterocycles. The van der Waals surface area contributed by atoms with Gasteiger partial charge in [0.1, 0.15) is 23.9 Å². The molecule has 4 aliphatic carbocycles. The van der Waals surface area contributed by atoms with Crippen LogP contribution >= 0.6 is 0 Å². The third-order valence-electron chi connectivity index (χ3n) is 12.8. The molecule has 254 valence electrons. The molecule has 0 bridgehead atoms. The summed E-state index contributed by atoms with van der Waals surface area (Å²) in [5.41, 5.74) is -2.79. The summed E-state index contributed by atoms with van der Waals surface area (Å²) in [6, 6.07) is 0. The molecule has 10 heteroatoms. The van der Waals surface area contributed by atoms with E-state index >= 15 is 0 Å². The summed E-state index contributed by atoms with van der Waals surface area (Å²) in [5, 5.41) is 35.5. The molecular weight excluding hydrogens is 580 g/mol. The van der Waals surface area contributed by atoms with E-state index in [0.29, 0.717) is 31.3 Å². The number of hydrogen-bond donors (Lipinski definition) is 3. The molecule has 3 N–H and O–H groups in total.